The molecule has 16 heavy (non-hydrogen) atoms. The van der Waals surface area contributed by atoms with Gasteiger partial charge in [0.2, 0.25) is 0 Å². The fourth-order valence-corrected chi connectivity index (χ4v) is 2.23. The number of hydrogen-bond donors (Lipinski definition) is 2. The standard InChI is InChI=1S/C13H20N2O/c1-13(2)9-8-12(15(13)16)10-14-11-6-4-3-5-7-11/h3-7,12,14,16H,8-10H2,1-2H3. The van der Waals surface area contributed by atoms with Crippen molar-refractivity contribution in [3.63, 3.8) is 0 Å². The summed E-state index contributed by atoms with van der Waals surface area (Å²) in [5, 5.41) is 14.8. The summed E-state index contributed by atoms with van der Waals surface area (Å²) in [6.45, 7) is 4.95. The molecule has 1 fully saturated rings. The van der Waals surface area contributed by atoms with Crippen LogP contribution in [0.25, 0.3) is 0 Å². The van der Waals surface area contributed by atoms with Crippen LogP contribution in [-0.4, -0.2) is 28.4 Å². The number of rotatable bonds is 3. The van der Waals surface area contributed by atoms with E-state index in [0.717, 1.165) is 25.1 Å². The van der Waals surface area contributed by atoms with Gasteiger partial charge < -0.3 is 10.5 Å². The van der Waals surface area contributed by atoms with Gasteiger partial charge in [-0.1, -0.05) is 18.2 Å². The summed E-state index contributed by atoms with van der Waals surface area (Å²) in [6, 6.07) is 10.3. The fraction of sp³-hybridized carbons (Fsp3) is 0.538. The van der Waals surface area contributed by atoms with Gasteiger partial charge in [-0.25, -0.2) is 0 Å². The van der Waals surface area contributed by atoms with Gasteiger partial charge in [0.15, 0.2) is 0 Å². The Bertz CT molecular complexity index is 337. The topological polar surface area (TPSA) is 35.5 Å². The minimum absolute atomic E-state index is 0.0803. The van der Waals surface area contributed by atoms with E-state index >= 15 is 0 Å². The van der Waals surface area contributed by atoms with Crippen LogP contribution in [-0.2, 0) is 0 Å². The minimum Gasteiger partial charge on any atom is -0.383 e. The Morgan fingerprint density at radius 3 is 2.62 bits per heavy atom. The number of anilines is 1. The second kappa shape index (κ2) is 4.44. The molecular formula is C13H20N2O. The van der Waals surface area contributed by atoms with Crippen LogP contribution < -0.4 is 5.32 Å². The predicted octanol–water partition coefficient (Wildman–Crippen LogP) is 2.73. The molecule has 88 valence electrons. The number of para-hydroxylation sites is 1. The molecule has 3 heteroatoms. The Labute approximate surface area is 97.0 Å². The number of hydrogen-bond acceptors (Lipinski definition) is 3. The van der Waals surface area contributed by atoms with E-state index in [0.29, 0.717) is 0 Å². The highest BCUT2D eigenvalue weighted by Gasteiger charge is 2.38. The molecule has 0 aromatic heterocycles. The van der Waals surface area contributed by atoms with E-state index in [1.165, 1.54) is 5.06 Å². The Morgan fingerprint density at radius 2 is 2.06 bits per heavy atom. The Morgan fingerprint density at radius 1 is 1.38 bits per heavy atom. The predicted molar refractivity (Wildman–Crippen MR) is 65.7 cm³/mol. The van der Waals surface area contributed by atoms with Gasteiger partial charge in [0, 0.05) is 17.8 Å². The number of nitrogens with one attached hydrogen (secondary N) is 1. The van der Waals surface area contributed by atoms with Crippen molar-refractivity contribution in [1.82, 2.24) is 5.06 Å². The quantitative estimate of drug-likeness (QED) is 0.822. The van der Waals surface area contributed by atoms with E-state index in [1.807, 2.05) is 30.3 Å². The number of nitrogens with zero attached hydrogens (tertiary/aromatic N) is 1. The molecule has 0 radical (unpaired) electrons. The smallest absolute Gasteiger partial charge is 0.0529 e. The number of benzene rings is 1. The third-order valence-corrected chi connectivity index (χ3v) is 3.37. The molecule has 0 amide bonds. The van der Waals surface area contributed by atoms with Crippen LogP contribution >= 0.6 is 0 Å². The molecule has 2 N–H and O–H groups in total. The maximum atomic E-state index is 9.99. The highest BCUT2D eigenvalue weighted by Crippen LogP contribution is 2.31. The molecule has 1 aromatic carbocycles. The molecule has 1 aliphatic rings. The van der Waals surface area contributed by atoms with Crippen LogP contribution in [0.4, 0.5) is 5.69 Å². The van der Waals surface area contributed by atoms with E-state index in [2.05, 4.69) is 19.2 Å². The number of hydroxylamine groups is 2. The Hall–Kier alpha value is -1.06. The Kier molecular flexibility index (Phi) is 3.17. The summed E-state index contributed by atoms with van der Waals surface area (Å²) < 4.78 is 0. The summed E-state index contributed by atoms with van der Waals surface area (Å²) >= 11 is 0. The zero-order valence-electron chi connectivity index (χ0n) is 9.98. The van der Waals surface area contributed by atoms with Crippen molar-refractivity contribution >= 4 is 5.69 Å². The lowest BCUT2D eigenvalue weighted by atomic mass is 10.0. The van der Waals surface area contributed by atoms with Crippen LogP contribution in [0.5, 0.6) is 0 Å². The van der Waals surface area contributed by atoms with Crippen LogP contribution in [0, 0.1) is 0 Å². The Balaban J connectivity index is 1.88. The van der Waals surface area contributed by atoms with E-state index in [1.54, 1.807) is 0 Å². The lowest BCUT2D eigenvalue weighted by molar-refractivity contribution is -0.160. The van der Waals surface area contributed by atoms with Crippen LogP contribution in [0.2, 0.25) is 0 Å². The highest BCUT2D eigenvalue weighted by atomic mass is 16.5. The van der Waals surface area contributed by atoms with E-state index < -0.39 is 0 Å². The molecular weight excluding hydrogens is 200 g/mol. The van der Waals surface area contributed by atoms with Crippen molar-refractivity contribution in [3.05, 3.63) is 30.3 Å². The molecule has 0 bridgehead atoms. The van der Waals surface area contributed by atoms with Gasteiger partial charge >= 0.3 is 0 Å². The second-order valence-electron chi connectivity index (χ2n) is 5.10. The molecule has 1 atom stereocenters. The van der Waals surface area contributed by atoms with E-state index in [9.17, 15) is 5.21 Å². The maximum absolute atomic E-state index is 9.99. The van der Waals surface area contributed by atoms with Gasteiger partial charge in [0.25, 0.3) is 0 Å². The fourth-order valence-electron chi connectivity index (χ4n) is 2.23. The monoisotopic (exact) mass is 220 g/mol. The normalized spacial score (nSPS) is 24.6. The lowest BCUT2D eigenvalue weighted by Crippen LogP contribution is -2.42. The molecule has 1 heterocycles. The summed E-state index contributed by atoms with van der Waals surface area (Å²) in [5.74, 6) is 0. The van der Waals surface area contributed by atoms with Gasteiger partial charge in [-0.2, -0.15) is 5.06 Å². The first-order chi connectivity index (χ1) is 7.59. The summed E-state index contributed by atoms with van der Waals surface area (Å²) in [6.07, 6.45) is 2.09. The summed E-state index contributed by atoms with van der Waals surface area (Å²) in [7, 11) is 0. The second-order valence-corrected chi connectivity index (χ2v) is 5.10. The SMILES string of the molecule is CC1(C)CCC(CNc2ccccc2)N1O. The average molecular weight is 220 g/mol. The molecule has 0 aliphatic carbocycles. The molecule has 1 unspecified atom stereocenters. The minimum atomic E-state index is -0.0803. The van der Waals surface area contributed by atoms with Crippen molar-refractivity contribution in [2.75, 3.05) is 11.9 Å². The van der Waals surface area contributed by atoms with Crippen molar-refractivity contribution < 1.29 is 5.21 Å². The van der Waals surface area contributed by atoms with Crippen molar-refractivity contribution in [2.24, 2.45) is 0 Å². The van der Waals surface area contributed by atoms with Crippen molar-refractivity contribution in [1.29, 1.82) is 0 Å². The molecule has 1 saturated heterocycles. The molecule has 0 saturated carbocycles. The lowest BCUT2D eigenvalue weighted by Gasteiger charge is -2.29. The summed E-state index contributed by atoms with van der Waals surface area (Å²) in [5.41, 5.74) is 1.03. The largest absolute Gasteiger partial charge is 0.383 e. The first-order valence-electron chi connectivity index (χ1n) is 5.87. The molecule has 3 nitrogen and oxygen atoms in total. The maximum Gasteiger partial charge on any atom is 0.0529 e. The van der Waals surface area contributed by atoms with E-state index in [4.69, 9.17) is 0 Å². The van der Waals surface area contributed by atoms with Gasteiger partial charge in [-0.05, 0) is 38.8 Å². The first-order valence-corrected chi connectivity index (χ1v) is 5.87. The zero-order valence-corrected chi connectivity index (χ0v) is 9.98. The third kappa shape index (κ3) is 2.36. The van der Waals surface area contributed by atoms with Gasteiger partial charge in [0.05, 0.1) is 6.04 Å². The van der Waals surface area contributed by atoms with Crippen LogP contribution in [0.15, 0.2) is 30.3 Å². The van der Waals surface area contributed by atoms with Gasteiger partial charge in [-0.3, -0.25) is 0 Å². The summed E-state index contributed by atoms with van der Waals surface area (Å²) in [4.78, 5) is 0. The molecule has 1 aromatic rings. The van der Waals surface area contributed by atoms with Crippen molar-refractivity contribution in [3.8, 4) is 0 Å². The van der Waals surface area contributed by atoms with Gasteiger partial charge in [-0.15, -0.1) is 0 Å². The molecule has 2 rings (SSSR count). The van der Waals surface area contributed by atoms with Crippen LogP contribution in [0.3, 0.4) is 0 Å². The molecule has 1 aliphatic heterocycles. The van der Waals surface area contributed by atoms with Crippen molar-refractivity contribution in [2.45, 2.75) is 38.3 Å². The third-order valence-electron chi connectivity index (χ3n) is 3.37. The zero-order chi connectivity index (χ0) is 11.6. The average Bonchev–Trinajstić information content (AvgIpc) is 2.54. The first kappa shape index (κ1) is 11.4. The van der Waals surface area contributed by atoms with Gasteiger partial charge in [0.1, 0.15) is 0 Å². The highest BCUT2D eigenvalue weighted by molar-refractivity contribution is 5.42. The van der Waals surface area contributed by atoms with E-state index in [-0.39, 0.29) is 11.6 Å². The van der Waals surface area contributed by atoms with Crippen LogP contribution in [0.1, 0.15) is 26.7 Å². The molecule has 0 spiro atoms.